The van der Waals surface area contributed by atoms with Crippen molar-refractivity contribution in [1.82, 2.24) is 14.9 Å². The summed E-state index contributed by atoms with van der Waals surface area (Å²) in [4.78, 5) is 31.9. The number of aromatic nitrogens is 2. The summed E-state index contributed by atoms with van der Waals surface area (Å²) in [6.07, 6.45) is 5.70. The first kappa shape index (κ1) is 18.2. The molecule has 0 saturated heterocycles. The van der Waals surface area contributed by atoms with Crippen molar-refractivity contribution in [1.29, 1.82) is 0 Å². The van der Waals surface area contributed by atoms with Crippen molar-refractivity contribution >= 4 is 39.1 Å². The van der Waals surface area contributed by atoms with E-state index < -0.39 is 0 Å². The van der Waals surface area contributed by atoms with Crippen LogP contribution in [0.15, 0.2) is 35.4 Å². The van der Waals surface area contributed by atoms with E-state index in [0.717, 1.165) is 41.6 Å². The van der Waals surface area contributed by atoms with Crippen LogP contribution in [0.1, 0.15) is 41.8 Å². The van der Waals surface area contributed by atoms with Crippen molar-refractivity contribution in [2.45, 2.75) is 45.2 Å². The molecule has 2 heterocycles. The average molecular weight is 402 g/mol. The number of amides is 1. The lowest BCUT2D eigenvalue weighted by atomic mass is 9.97. The Bertz CT molecular complexity index is 1070. The molecule has 1 aliphatic carbocycles. The van der Waals surface area contributed by atoms with E-state index >= 15 is 0 Å². The molecule has 3 aromatic rings. The number of carbonyl (C=O) groups is 1. The van der Waals surface area contributed by atoms with Crippen LogP contribution in [0, 0.1) is 0 Å². The van der Waals surface area contributed by atoms with Gasteiger partial charge in [0.05, 0.1) is 17.8 Å². The van der Waals surface area contributed by atoms with E-state index in [1.807, 2.05) is 25.1 Å². The Morgan fingerprint density at radius 1 is 1.37 bits per heavy atom. The van der Waals surface area contributed by atoms with Crippen LogP contribution in [-0.4, -0.2) is 15.5 Å². The number of thiophene rings is 1. The lowest BCUT2D eigenvalue weighted by molar-refractivity contribution is -0.122. The maximum Gasteiger partial charge on any atom is 0.262 e. The number of nitrogens with one attached hydrogen (secondary N) is 1. The molecular formula is C20H20ClN3O2S. The molecule has 0 fully saturated rings. The summed E-state index contributed by atoms with van der Waals surface area (Å²) < 4.78 is 1.41. The third-order valence-corrected chi connectivity index (χ3v) is 6.42. The second-order valence-electron chi connectivity index (χ2n) is 6.91. The first-order chi connectivity index (χ1) is 13.0. The van der Waals surface area contributed by atoms with Crippen LogP contribution >= 0.6 is 22.9 Å². The summed E-state index contributed by atoms with van der Waals surface area (Å²) in [5, 5.41) is 4.25. The summed E-state index contributed by atoms with van der Waals surface area (Å²) >= 11 is 7.63. The quantitative estimate of drug-likeness (QED) is 0.721. The van der Waals surface area contributed by atoms with Crippen LogP contribution in [0.25, 0.3) is 10.2 Å². The normalized spacial score (nSPS) is 14.7. The summed E-state index contributed by atoms with van der Waals surface area (Å²) in [5.74, 6) is -0.227. The highest BCUT2D eigenvalue weighted by molar-refractivity contribution is 7.18. The zero-order chi connectivity index (χ0) is 19.0. The number of hydrogen-bond donors (Lipinski definition) is 1. The molecule has 0 radical (unpaired) electrons. The van der Waals surface area contributed by atoms with E-state index in [-0.39, 0.29) is 24.1 Å². The van der Waals surface area contributed by atoms with E-state index in [1.54, 1.807) is 17.4 Å². The number of halogens is 1. The van der Waals surface area contributed by atoms with E-state index in [2.05, 4.69) is 10.3 Å². The van der Waals surface area contributed by atoms with Crippen molar-refractivity contribution < 1.29 is 4.79 Å². The molecule has 1 N–H and O–H groups in total. The maximum absolute atomic E-state index is 12.9. The van der Waals surface area contributed by atoms with Crippen molar-refractivity contribution in [3.63, 3.8) is 0 Å². The largest absolute Gasteiger partial charge is 0.348 e. The summed E-state index contributed by atoms with van der Waals surface area (Å²) in [7, 11) is 0. The molecule has 0 bridgehead atoms. The van der Waals surface area contributed by atoms with Gasteiger partial charge in [-0.25, -0.2) is 4.98 Å². The van der Waals surface area contributed by atoms with Gasteiger partial charge in [-0.05, 0) is 55.9 Å². The van der Waals surface area contributed by atoms with Crippen LogP contribution < -0.4 is 10.9 Å². The number of rotatable bonds is 4. The molecule has 0 aliphatic heterocycles. The number of aryl methyl sites for hydroxylation is 2. The zero-order valence-electron chi connectivity index (χ0n) is 15.0. The second-order valence-corrected chi connectivity index (χ2v) is 8.43. The fraction of sp³-hybridized carbons (Fsp3) is 0.350. The molecule has 0 spiro atoms. The fourth-order valence-corrected chi connectivity index (χ4v) is 5.01. The smallest absolute Gasteiger partial charge is 0.262 e. The molecular weight excluding hydrogens is 382 g/mol. The van der Waals surface area contributed by atoms with Crippen molar-refractivity contribution in [3.05, 3.63) is 62.0 Å². The monoisotopic (exact) mass is 401 g/mol. The minimum atomic E-state index is -0.227. The fourth-order valence-electron chi connectivity index (χ4n) is 3.59. The highest BCUT2D eigenvalue weighted by Gasteiger charge is 2.20. The SMILES string of the molecule is C[C@H](NC(=O)Cn1cnc2sc3c(c2c1=O)CCCC3)c1cccc(Cl)c1. The van der Waals surface area contributed by atoms with Crippen LogP contribution in [0.3, 0.4) is 0 Å². The van der Waals surface area contributed by atoms with Gasteiger partial charge in [0.15, 0.2) is 0 Å². The average Bonchev–Trinajstić information content (AvgIpc) is 3.03. The number of carbonyl (C=O) groups excluding carboxylic acids is 1. The standard InChI is InChI=1S/C20H20ClN3O2S/c1-12(13-5-4-6-14(21)9-13)23-17(25)10-24-11-22-19-18(20(24)26)15-7-2-3-8-16(15)27-19/h4-6,9,11-12H,2-3,7-8,10H2,1H3,(H,23,25)/t12-/m0/s1. The third-order valence-electron chi connectivity index (χ3n) is 4.98. The van der Waals surface area contributed by atoms with Gasteiger partial charge in [-0.1, -0.05) is 23.7 Å². The van der Waals surface area contributed by atoms with Gasteiger partial charge in [0.25, 0.3) is 5.56 Å². The number of benzene rings is 1. The molecule has 7 heteroatoms. The molecule has 2 aromatic heterocycles. The first-order valence-corrected chi connectivity index (χ1v) is 10.3. The van der Waals surface area contributed by atoms with Crippen LogP contribution in [-0.2, 0) is 24.2 Å². The molecule has 5 nitrogen and oxygen atoms in total. The van der Waals surface area contributed by atoms with Gasteiger partial charge in [-0.3, -0.25) is 14.2 Å². The summed E-state index contributed by atoms with van der Waals surface area (Å²) in [5.41, 5.74) is 1.94. The Morgan fingerprint density at radius 3 is 3.00 bits per heavy atom. The van der Waals surface area contributed by atoms with Crippen LogP contribution in [0.4, 0.5) is 0 Å². The minimum Gasteiger partial charge on any atom is -0.348 e. The Morgan fingerprint density at radius 2 is 2.19 bits per heavy atom. The summed E-state index contributed by atoms with van der Waals surface area (Å²) in [6, 6.07) is 7.18. The highest BCUT2D eigenvalue weighted by Crippen LogP contribution is 2.33. The van der Waals surface area contributed by atoms with Crippen molar-refractivity contribution in [2.24, 2.45) is 0 Å². The van der Waals surface area contributed by atoms with Crippen molar-refractivity contribution in [2.75, 3.05) is 0 Å². The Balaban J connectivity index is 1.55. The molecule has 1 amide bonds. The molecule has 140 valence electrons. The summed E-state index contributed by atoms with van der Waals surface area (Å²) in [6.45, 7) is 1.85. The third kappa shape index (κ3) is 3.64. The minimum absolute atomic E-state index is 0.0443. The van der Waals surface area contributed by atoms with E-state index in [1.165, 1.54) is 15.8 Å². The first-order valence-electron chi connectivity index (χ1n) is 9.07. The van der Waals surface area contributed by atoms with Gasteiger partial charge >= 0.3 is 0 Å². The Kier molecular flexibility index (Phi) is 5.02. The second kappa shape index (κ2) is 7.44. The molecule has 27 heavy (non-hydrogen) atoms. The van der Waals surface area contributed by atoms with Gasteiger partial charge in [-0.15, -0.1) is 11.3 Å². The van der Waals surface area contributed by atoms with Gasteiger partial charge in [0.1, 0.15) is 11.4 Å². The van der Waals surface area contributed by atoms with Crippen molar-refractivity contribution in [3.8, 4) is 0 Å². The molecule has 4 rings (SSSR count). The predicted molar refractivity (Wildman–Crippen MR) is 109 cm³/mol. The van der Waals surface area contributed by atoms with E-state index in [9.17, 15) is 9.59 Å². The Labute approximate surface area is 166 Å². The van der Waals surface area contributed by atoms with E-state index in [0.29, 0.717) is 10.4 Å². The molecule has 1 aromatic carbocycles. The molecule has 0 saturated carbocycles. The van der Waals surface area contributed by atoms with Crippen LogP contribution in [0.2, 0.25) is 5.02 Å². The van der Waals surface area contributed by atoms with Crippen LogP contribution in [0.5, 0.6) is 0 Å². The Hall–Kier alpha value is -2.18. The topological polar surface area (TPSA) is 64.0 Å². The van der Waals surface area contributed by atoms with Gasteiger partial charge in [-0.2, -0.15) is 0 Å². The lowest BCUT2D eigenvalue weighted by Gasteiger charge is -2.15. The van der Waals surface area contributed by atoms with E-state index in [4.69, 9.17) is 11.6 Å². The highest BCUT2D eigenvalue weighted by atomic mass is 35.5. The predicted octanol–water partition coefficient (Wildman–Crippen LogP) is 3.87. The molecule has 1 aliphatic rings. The van der Waals surface area contributed by atoms with Gasteiger partial charge in [0, 0.05) is 9.90 Å². The number of hydrogen-bond acceptors (Lipinski definition) is 4. The van der Waals surface area contributed by atoms with Gasteiger partial charge < -0.3 is 5.32 Å². The number of fused-ring (bicyclic) bond motifs is 3. The van der Waals surface area contributed by atoms with Gasteiger partial charge in [0.2, 0.25) is 5.91 Å². The number of nitrogens with zero attached hydrogens (tertiary/aromatic N) is 2. The lowest BCUT2D eigenvalue weighted by Crippen LogP contribution is -2.34. The zero-order valence-corrected chi connectivity index (χ0v) is 16.6. The molecule has 0 unspecified atom stereocenters. The maximum atomic E-state index is 12.9. The molecule has 1 atom stereocenters.